The molecule has 32 heavy (non-hydrogen) atoms. The first-order valence-electron chi connectivity index (χ1n) is 9.82. The number of rotatable bonds is 10. The number of hydrogen-bond acceptors (Lipinski definition) is 9. The zero-order chi connectivity index (χ0) is 23.7. The number of ketones is 1. The molecule has 1 atom stereocenters. The largest absolute Gasteiger partial charge is 0.459 e. The van der Waals surface area contributed by atoms with Gasteiger partial charge in [-0.05, 0) is 61.9 Å². The minimum absolute atomic E-state index is 0.0689. The lowest BCUT2D eigenvalue weighted by atomic mass is 10.0. The van der Waals surface area contributed by atoms with Gasteiger partial charge >= 0.3 is 11.9 Å². The number of Topliss-reactive ketones (excluding diaryl/α,β-unsaturated/α-hetero) is 1. The third kappa shape index (κ3) is 7.30. The molecular formula is C23H25NO7S. The fraction of sp³-hybridized carbons (Fsp3) is 0.304. The van der Waals surface area contributed by atoms with E-state index in [0.717, 1.165) is 9.79 Å². The summed E-state index contributed by atoms with van der Waals surface area (Å²) in [6.07, 6.45) is 0.259. The van der Waals surface area contributed by atoms with Crippen LogP contribution in [0.15, 0.2) is 63.5 Å². The number of benzene rings is 2. The highest BCUT2D eigenvalue weighted by atomic mass is 32.2. The molecule has 2 aromatic carbocycles. The van der Waals surface area contributed by atoms with E-state index in [-0.39, 0.29) is 24.5 Å². The van der Waals surface area contributed by atoms with E-state index < -0.39 is 24.1 Å². The summed E-state index contributed by atoms with van der Waals surface area (Å²) in [5, 5.41) is 22.7. The molecule has 0 saturated carbocycles. The summed E-state index contributed by atoms with van der Waals surface area (Å²) < 4.78 is 5.09. The topological polar surface area (TPSA) is 122 Å². The summed E-state index contributed by atoms with van der Waals surface area (Å²) >= 11 is 1.44. The van der Waals surface area contributed by atoms with E-state index in [1.165, 1.54) is 25.6 Å². The molecule has 0 aliphatic carbocycles. The Morgan fingerprint density at radius 3 is 1.97 bits per heavy atom. The van der Waals surface area contributed by atoms with Crippen molar-refractivity contribution in [3.8, 4) is 0 Å². The molecule has 8 nitrogen and oxygen atoms in total. The minimum Gasteiger partial charge on any atom is -0.459 e. The fourth-order valence-corrected chi connectivity index (χ4v) is 3.21. The van der Waals surface area contributed by atoms with Crippen molar-refractivity contribution in [2.75, 3.05) is 13.2 Å². The molecule has 1 unspecified atom stereocenters. The lowest BCUT2D eigenvalue weighted by Gasteiger charge is -2.23. The number of carbonyl (C=O) groups is 3. The predicted octanol–water partition coefficient (Wildman–Crippen LogP) is 3.25. The number of nitrogens with zero attached hydrogens (tertiary/aromatic N) is 1. The van der Waals surface area contributed by atoms with Crippen LogP contribution in [0.2, 0.25) is 0 Å². The Kier molecular flexibility index (Phi) is 9.13. The van der Waals surface area contributed by atoms with Gasteiger partial charge in [-0.1, -0.05) is 23.8 Å². The Morgan fingerprint density at radius 2 is 1.50 bits per heavy atom. The number of aliphatic hydroxyl groups excluding tert-OH is 1. The summed E-state index contributed by atoms with van der Waals surface area (Å²) in [6, 6.07) is 13.6. The third-order valence-electron chi connectivity index (χ3n) is 4.51. The Bertz CT molecular complexity index is 980. The molecule has 9 heteroatoms. The number of hydrogen-bond donors (Lipinski definition) is 2. The summed E-state index contributed by atoms with van der Waals surface area (Å²) in [4.78, 5) is 41.4. The van der Waals surface area contributed by atoms with Crippen molar-refractivity contribution < 1.29 is 34.2 Å². The highest BCUT2D eigenvalue weighted by molar-refractivity contribution is 7.99. The molecule has 0 heterocycles. The molecule has 2 N–H and O–H groups in total. The highest BCUT2D eigenvalue weighted by Crippen LogP contribution is 2.28. The molecule has 0 spiro atoms. The number of aliphatic hydroxyl groups is 2. The second kappa shape index (κ2) is 11.6. The number of ether oxygens (including phenoxy) is 1. The van der Waals surface area contributed by atoms with Gasteiger partial charge in [0.25, 0.3) is 0 Å². The SMILES string of the molecule is CCC(O)(CO)COC(=O)c1ccc(Sc2ccc(C(=O)C(C)=NOC(C)=O)cc2)cc1. The molecule has 0 aliphatic rings. The molecule has 2 rings (SSSR count). The standard InChI is InChI=1S/C23H25NO7S/c1-4-23(29,13-25)14-30-22(28)18-7-11-20(12-8-18)32-19-9-5-17(6-10-19)21(27)15(2)24-31-16(3)26/h5-12,25,29H,4,13-14H2,1-3H3. The van der Waals surface area contributed by atoms with Crippen molar-refractivity contribution in [2.45, 2.75) is 42.6 Å². The van der Waals surface area contributed by atoms with Crippen LogP contribution in [-0.2, 0) is 14.4 Å². The van der Waals surface area contributed by atoms with Gasteiger partial charge in [0.15, 0.2) is 0 Å². The monoisotopic (exact) mass is 459 g/mol. The van der Waals surface area contributed by atoms with Gasteiger partial charge in [0.1, 0.15) is 17.9 Å². The van der Waals surface area contributed by atoms with Crippen molar-refractivity contribution in [1.82, 2.24) is 0 Å². The highest BCUT2D eigenvalue weighted by Gasteiger charge is 2.26. The summed E-state index contributed by atoms with van der Waals surface area (Å²) in [5.74, 6) is -1.53. The van der Waals surface area contributed by atoms with Crippen LogP contribution >= 0.6 is 11.8 Å². The van der Waals surface area contributed by atoms with E-state index in [4.69, 9.17) is 4.74 Å². The van der Waals surface area contributed by atoms with Gasteiger partial charge in [0, 0.05) is 22.3 Å². The summed E-state index contributed by atoms with van der Waals surface area (Å²) in [6.45, 7) is 3.58. The smallest absolute Gasteiger partial charge is 0.338 e. The first kappa shape index (κ1) is 25.3. The van der Waals surface area contributed by atoms with Gasteiger partial charge in [-0.2, -0.15) is 0 Å². The average Bonchev–Trinajstić information content (AvgIpc) is 2.81. The second-order valence-electron chi connectivity index (χ2n) is 7.05. The van der Waals surface area contributed by atoms with Crippen LogP contribution in [-0.4, -0.2) is 52.5 Å². The summed E-state index contributed by atoms with van der Waals surface area (Å²) in [7, 11) is 0. The molecule has 0 radical (unpaired) electrons. The van der Waals surface area contributed by atoms with Crippen molar-refractivity contribution in [2.24, 2.45) is 5.16 Å². The number of esters is 1. The Balaban J connectivity index is 1.97. The minimum atomic E-state index is -1.44. The molecule has 2 aromatic rings. The Hall–Kier alpha value is -3.01. The molecular weight excluding hydrogens is 434 g/mol. The van der Waals surface area contributed by atoms with E-state index in [1.54, 1.807) is 55.5 Å². The maximum Gasteiger partial charge on any atom is 0.338 e. The zero-order valence-electron chi connectivity index (χ0n) is 18.0. The maximum absolute atomic E-state index is 12.3. The van der Waals surface area contributed by atoms with Gasteiger partial charge in [-0.25, -0.2) is 9.59 Å². The molecule has 0 fully saturated rings. The first-order chi connectivity index (χ1) is 15.2. The van der Waals surface area contributed by atoms with Crippen LogP contribution in [0.1, 0.15) is 47.9 Å². The van der Waals surface area contributed by atoms with Crippen molar-refractivity contribution in [3.05, 3.63) is 59.7 Å². The molecule has 0 aliphatic heterocycles. The van der Waals surface area contributed by atoms with E-state index in [0.29, 0.717) is 11.1 Å². The molecule has 0 bridgehead atoms. The predicted molar refractivity (Wildman–Crippen MR) is 119 cm³/mol. The third-order valence-corrected chi connectivity index (χ3v) is 5.52. The van der Waals surface area contributed by atoms with E-state index in [2.05, 4.69) is 9.99 Å². The Labute approximate surface area is 190 Å². The van der Waals surface area contributed by atoms with Crippen LogP contribution in [0.4, 0.5) is 0 Å². The second-order valence-corrected chi connectivity index (χ2v) is 8.20. The first-order valence-corrected chi connectivity index (χ1v) is 10.6. The number of carbonyl (C=O) groups excluding carboxylic acids is 3. The lowest BCUT2D eigenvalue weighted by molar-refractivity contribution is -0.140. The van der Waals surface area contributed by atoms with Gasteiger partial charge in [-0.3, -0.25) is 4.79 Å². The van der Waals surface area contributed by atoms with Gasteiger partial charge in [0.05, 0.1) is 12.2 Å². The molecule has 0 amide bonds. The van der Waals surface area contributed by atoms with Crippen LogP contribution < -0.4 is 0 Å². The average molecular weight is 460 g/mol. The van der Waals surface area contributed by atoms with E-state index >= 15 is 0 Å². The fourth-order valence-electron chi connectivity index (χ4n) is 2.40. The van der Waals surface area contributed by atoms with Gasteiger partial charge < -0.3 is 19.8 Å². The zero-order valence-corrected chi connectivity index (χ0v) is 18.8. The molecule has 0 saturated heterocycles. The van der Waals surface area contributed by atoms with Gasteiger partial charge in [-0.15, -0.1) is 0 Å². The summed E-state index contributed by atoms with van der Waals surface area (Å²) in [5.41, 5.74) is -0.631. The van der Waals surface area contributed by atoms with Crippen molar-refractivity contribution in [3.63, 3.8) is 0 Å². The Morgan fingerprint density at radius 1 is 0.969 bits per heavy atom. The van der Waals surface area contributed by atoms with Gasteiger partial charge in [0.2, 0.25) is 5.78 Å². The molecule has 0 aromatic heterocycles. The van der Waals surface area contributed by atoms with E-state index in [1.807, 2.05) is 0 Å². The normalized spacial score (nSPS) is 13.2. The van der Waals surface area contributed by atoms with Crippen LogP contribution in [0.5, 0.6) is 0 Å². The number of oxime groups is 1. The van der Waals surface area contributed by atoms with E-state index in [9.17, 15) is 24.6 Å². The van der Waals surface area contributed by atoms with Crippen LogP contribution in [0.3, 0.4) is 0 Å². The van der Waals surface area contributed by atoms with Crippen LogP contribution in [0, 0.1) is 0 Å². The van der Waals surface area contributed by atoms with Crippen molar-refractivity contribution in [1.29, 1.82) is 0 Å². The quantitative estimate of drug-likeness (QED) is 0.183. The maximum atomic E-state index is 12.3. The molecule has 170 valence electrons. The van der Waals surface area contributed by atoms with Crippen LogP contribution in [0.25, 0.3) is 0 Å². The van der Waals surface area contributed by atoms with Crippen molar-refractivity contribution >= 4 is 35.2 Å². The lowest BCUT2D eigenvalue weighted by Crippen LogP contribution is -2.38.